The van der Waals surface area contributed by atoms with E-state index in [1.807, 2.05) is 0 Å². The quantitative estimate of drug-likeness (QED) is 0.485. The fourth-order valence-corrected chi connectivity index (χ4v) is 4.26. The molecule has 79 valence electrons. The molecule has 0 amide bonds. The van der Waals surface area contributed by atoms with Crippen molar-refractivity contribution in [2.24, 2.45) is 0 Å². The Bertz CT molecular complexity index is 362. The topological polar surface area (TPSA) is 76.3 Å². The number of nitro groups is 1. The molecule has 0 saturated heterocycles. The number of aliphatic hydroxyl groups is 1. The molecule has 6 heteroatoms. The second kappa shape index (κ2) is 4.29. The van der Waals surface area contributed by atoms with E-state index in [9.17, 15) is 10.1 Å². The monoisotopic (exact) mass is 269 g/mol. The summed E-state index contributed by atoms with van der Waals surface area (Å²) in [7, 11) is 0. The first-order valence-electron chi connectivity index (χ1n) is 4.64. The van der Waals surface area contributed by atoms with Crippen molar-refractivity contribution in [3.63, 3.8) is 0 Å². The molecule has 1 aromatic heterocycles. The van der Waals surface area contributed by atoms with E-state index in [2.05, 4.69) is 4.98 Å². The SMILES string of the molecule is O=[N+]([O-])c1ccc([As]C2CC(O)C2)nc1. The van der Waals surface area contributed by atoms with E-state index >= 15 is 0 Å². The van der Waals surface area contributed by atoms with Crippen LogP contribution >= 0.6 is 0 Å². The average Bonchev–Trinajstić information content (AvgIpc) is 2.16. The minimum atomic E-state index is -0.444. The van der Waals surface area contributed by atoms with Gasteiger partial charge in [0.05, 0.1) is 0 Å². The first kappa shape index (κ1) is 10.6. The maximum atomic E-state index is 10.4. The predicted molar refractivity (Wildman–Crippen MR) is 55.3 cm³/mol. The van der Waals surface area contributed by atoms with Crippen molar-refractivity contribution < 1.29 is 10.0 Å². The summed E-state index contributed by atoms with van der Waals surface area (Å²) >= 11 is -0.0546. The van der Waals surface area contributed by atoms with E-state index in [0.29, 0.717) is 4.71 Å². The number of rotatable bonds is 3. The van der Waals surface area contributed by atoms with E-state index in [-0.39, 0.29) is 27.5 Å². The number of nitrogens with zero attached hydrogens (tertiary/aromatic N) is 2. The predicted octanol–water partition coefficient (Wildman–Crippen LogP) is 0.262. The van der Waals surface area contributed by atoms with Gasteiger partial charge in [-0.2, -0.15) is 0 Å². The second-order valence-electron chi connectivity index (χ2n) is 3.54. The van der Waals surface area contributed by atoms with Gasteiger partial charge in [-0.15, -0.1) is 0 Å². The zero-order valence-corrected chi connectivity index (χ0v) is 9.78. The van der Waals surface area contributed by atoms with E-state index in [0.717, 1.165) is 17.3 Å². The molecule has 0 atom stereocenters. The second-order valence-corrected chi connectivity index (χ2v) is 6.58. The Morgan fingerprint density at radius 2 is 2.27 bits per heavy atom. The summed E-state index contributed by atoms with van der Waals surface area (Å²) in [5.74, 6) is 0. The molecule has 0 aliphatic heterocycles. The van der Waals surface area contributed by atoms with Crippen molar-refractivity contribution >= 4 is 25.9 Å². The zero-order valence-electron chi connectivity index (χ0n) is 7.91. The summed E-state index contributed by atoms with van der Waals surface area (Å²) in [6.07, 6.45) is 2.89. The third-order valence-electron chi connectivity index (χ3n) is 2.35. The molecule has 1 N–H and O–H groups in total. The van der Waals surface area contributed by atoms with Crippen LogP contribution in [0.25, 0.3) is 0 Å². The van der Waals surface area contributed by atoms with Gasteiger partial charge in [0, 0.05) is 0 Å². The van der Waals surface area contributed by atoms with Crippen LogP contribution in [0.1, 0.15) is 12.8 Å². The third kappa shape index (κ3) is 2.55. The van der Waals surface area contributed by atoms with Gasteiger partial charge in [0.1, 0.15) is 0 Å². The maximum absolute atomic E-state index is 10.4. The summed E-state index contributed by atoms with van der Waals surface area (Å²) in [6.45, 7) is 0. The number of aromatic nitrogens is 1. The Balaban J connectivity index is 1.95. The molecule has 1 heterocycles. The van der Waals surface area contributed by atoms with Crippen molar-refractivity contribution in [1.82, 2.24) is 4.98 Å². The fraction of sp³-hybridized carbons (Fsp3) is 0.444. The Morgan fingerprint density at radius 1 is 1.53 bits per heavy atom. The summed E-state index contributed by atoms with van der Waals surface area (Å²) in [4.78, 5) is 14.0. The van der Waals surface area contributed by atoms with Crippen molar-refractivity contribution in [2.75, 3.05) is 0 Å². The van der Waals surface area contributed by atoms with E-state index in [4.69, 9.17) is 5.11 Å². The zero-order chi connectivity index (χ0) is 10.8. The van der Waals surface area contributed by atoms with Gasteiger partial charge in [-0.25, -0.2) is 0 Å². The van der Waals surface area contributed by atoms with Crippen LogP contribution in [0.2, 0.25) is 4.71 Å². The van der Waals surface area contributed by atoms with Crippen LogP contribution in [-0.4, -0.2) is 36.9 Å². The van der Waals surface area contributed by atoms with Crippen molar-refractivity contribution in [3.8, 4) is 0 Å². The van der Waals surface area contributed by atoms with Gasteiger partial charge in [-0.1, -0.05) is 0 Å². The van der Waals surface area contributed by atoms with Gasteiger partial charge < -0.3 is 0 Å². The number of pyridine rings is 1. The molecule has 15 heavy (non-hydrogen) atoms. The Labute approximate surface area is 93.4 Å². The Hall–Kier alpha value is -0.932. The number of aliphatic hydroxyl groups excluding tert-OH is 1. The van der Waals surface area contributed by atoms with Crippen LogP contribution in [0.3, 0.4) is 0 Å². The Morgan fingerprint density at radius 3 is 2.73 bits per heavy atom. The molecule has 1 aromatic rings. The normalized spacial score (nSPS) is 25.4. The molecule has 5 nitrogen and oxygen atoms in total. The van der Waals surface area contributed by atoms with Crippen LogP contribution in [-0.2, 0) is 0 Å². The van der Waals surface area contributed by atoms with Crippen LogP contribution < -0.4 is 4.48 Å². The standard InChI is InChI=1S/C9H10AsN2O3/c13-8-3-6(4-8)10-9-2-1-7(5-11-9)12(14)15/h1-2,5-6,8,13H,3-4H2. The van der Waals surface area contributed by atoms with Gasteiger partial charge in [0.2, 0.25) is 0 Å². The first-order valence-corrected chi connectivity index (χ1v) is 6.66. The van der Waals surface area contributed by atoms with Crippen LogP contribution in [0.5, 0.6) is 0 Å². The molecular weight excluding hydrogens is 259 g/mol. The molecule has 0 spiro atoms. The van der Waals surface area contributed by atoms with Crippen LogP contribution in [0.15, 0.2) is 18.3 Å². The van der Waals surface area contributed by atoms with E-state index in [1.165, 1.54) is 12.3 Å². The third-order valence-corrected chi connectivity index (χ3v) is 5.11. The molecule has 1 fully saturated rings. The van der Waals surface area contributed by atoms with Crippen molar-refractivity contribution in [3.05, 3.63) is 28.4 Å². The summed E-state index contributed by atoms with van der Waals surface area (Å²) < 4.78 is 1.53. The van der Waals surface area contributed by atoms with E-state index < -0.39 is 4.92 Å². The molecule has 0 aromatic carbocycles. The molecule has 1 radical (unpaired) electrons. The molecule has 0 unspecified atom stereocenters. The number of hydrogen-bond acceptors (Lipinski definition) is 4. The van der Waals surface area contributed by atoms with Crippen LogP contribution in [0.4, 0.5) is 5.69 Å². The van der Waals surface area contributed by atoms with Crippen molar-refractivity contribution in [2.45, 2.75) is 23.7 Å². The molecule has 0 bridgehead atoms. The molecule has 1 aliphatic carbocycles. The molecular formula is C9H10AsN2O3. The Kier molecular flexibility index (Phi) is 3.03. The molecule has 1 saturated carbocycles. The summed E-state index contributed by atoms with van der Waals surface area (Å²) in [5.41, 5.74) is 0.0357. The molecule has 2 rings (SSSR count). The first-order chi connectivity index (χ1) is 7.15. The minimum absolute atomic E-state index is 0.0357. The number of hydrogen-bond donors (Lipinski definition) is 1. The van der Waals surface area contributed by atoms with Gasteiger partial charge >= 0.3 is 93.0 Å². The van der Waals surface area contributed by atoms with E-state index in [1.54, 1.807) is 6.07 Å². The molecule has 1 aliphatic rings. The summed E-state index contributed by atoms with van der Waals surface area (Å²) in [6, 6.07) is 3.22. The van der Waals surface area contributed by atoms with Crippen molar-refractivity contribution in [1.29, 1.82) is 0 Å². The van der Waals surface area contributed by atoms with Gasteiger partial charge in [-0.05, 0) is 0 Å². The van der Waals surface area contributed by atoms with Gasteiger partial charge in [0.15, 0.2) is 0 Å². The summed E-state index contributed by atoms with van der Waals surface area (Å²) in [5, 5.41) is 19.5. The van der Waals surface area contributed by atoms with Crippen LogP contribution in [0, 0.1) is 10.1 Å². The van der Waals surface area contributed by atoms with Gasteiger partial charge in [-0.3, -0.25) is 0 Å². The fourth-order valence-electron chi connectivity index (χ4n) is 1.41. The van der Waals surface area contributed by atoms with Gasteiger partial charge in [0.25, 0.3) is 0 Å². The average molecular weight is 269 g/mol.